The standard InChI is InChI=1S/C15H10BrFO2/c16-10-6-7-11-12(8-10)15(18)19-14(13(11)17)9-4-2-1-3-5-9/h1-8,13-14H. The van der Waals surface area contributed by atoms with Gasteiger partial charge < -0.3 is 4.74 Å². The van der Waals surface area contributed by atoms with Crippen LogP contribution in [-0.4, -0.2) is 5.97 Å². The predicted molar refractivity (Wildman–Crippen MR) is 72.6 cm³/mol. The summed E-state index contributed by atoms with van der Waals surface area (Å²) in [5.41, 5.74) is 1.33. The molecule has 0 aromatic heterocycles. The van der Waals surface area contributed by atoms with Gasteiger partial charge in [0, 0.05) is 10.0 Å². The molecule has 96 valence electrons. The number of rotatable bonds is 1. The van der Waals surface area contributed by atoms with E-state index in [-0.39, 0.29) is 5.56 Å². The number of cyclic esters (lactones) is 1. The van der Waals surface area contributed by atoms with Crippen molar-refractivity contribution in [1.29, 1.82) is 0 Å². The van der Waals surface area contributed by atoms with Crippen molar-refractivity contribution in [3.8, 4) is 0 Å². The molecule has 0 N–H and O–H groups in total. The highest BCUT2D eigenvalue weighted by Crippen LogP contribution is 2.42. The Kier molecular flexibility index (Phi) is 3.11. The van der Waals surface area contributed by atoms with E-state index in [4.69, 9.17) is 4.74 Å². The van der Waals surface area contributed by atoms with Gasteiger partial charge in [-0.1, -0.05) is 52.3 Å². The number of hydrogen-bond donors (Lipinski definition) is 0. The van der Waals surface area contributed by atoms with Crippen molar-refractivity contribution >= 4 is 21.9 Å². The molecule has 0 saturated carbocycles. The first-order valence-electron chi connectivity index (χ1n) is 5.86. The van der Waals surface area contributed by atoms with Crippen LogP contribution in [0.25, 0.3) is 0 Å². The third-order valence-corrected chi connectivity index (χ3v) is 3.65. The molecule has 0 fully saturated rings. The number of ether oxygens (including phenoxy) is 1. The van der Waals surface area contributed by atoms with Gasteiger partial charge in [-0.05, 0) is 17.7 Å². The Labute approximate surface area is 118 Å². The molecule has 3 rings (SSSR count). The van der Waals surface area contributed by atoms with Gasteiger partial charge in [0.2, 0.25) is 0 Å². The second-order valence-corrected chi connectivity index (χ2v) is 5.29. The molecule has 4 heteroatoms. The number of fused-ring (bicyclic) bond motifs is 1. The zero-order chi connectivity index (χ0) is 13.4. The van der Waals surface area contributed by atoms with Crippen LogP contribution in [0, 0.1) is 0 Å². The SMILES string of the molecule is O=C1OC(c2ccccc2)C(F)c2ccc(Br)cc21. The van der Waals surface area contributed by atoms with Gasteiger partial charge in [0.15, 0.2) is 12.3 Å². The van der Waals surface area contributed by atoms with Crippen LogP contribution in [0.15, 0.2) is 53.0 Å². The second kappa shape index (κ2) is 4.78. The highest BCUT2D eigenvalue weighted by atomic mass is 79.9. The Balaban J connectivity index is 2.05. The number of hydrogen-bond acceptors (Lipinski definition) is 2. The molecule has 0 bridgehead atoms. The zero-order valence-electron chi connectivity index (χ0n) is 9.85. The minimum Gasteiger partial charge on any atom is -0.450 e. The molecule has 0 amide bonds. The van der Waals surface area contributed by atoms with Crippen LogP contribution < -0.4 is 0 Å². The molecule has 19 heavy (non-hydrogen) atoms. The Bertz CT molecular complexity index is 627. The minimum absolute atomic E-state index is 0.286. The lowest BCUT2D eigenvalue weighted by atomic mass is 9.93. The molecular weight excluding hydrogens is 311 g/mol. The van der Waals surface area contributed by atoms with Gasteiger partial charge in [-0.25, -0.2) is 9.18 Å². The number of alkyl halides is 1. The molecule has 0 aliphatic carbocycles. The average Bonchev–Trinajstić information content (AvgIpc) is 2.43. The van der Waals surface area contributed by atoms with E-state index >= 15 is 0 Å². The maximum atomic E-state index is 14.5. The summed E-state index contributed by atoms with van der Waals surface area (Å²) in [7, 11) is 0. The molecule has 1 heterocycles. The molecule has 1 aliphatic heterocycles. The van der Waals surface area contributed by atoms with E-state index in [0.29, 0.717) is 11.1 Å². The minimum atomic E-state index is -1.34. The quantitative estimate of drug-likeness (QED) is 0.729. The van der Waals surface area contributed by atoms with Crippen LogP contribution in [0.1, 0.15) is 33.8 Å². The van der Waals surface area contributed by atoms with Crippen LogP contribution in [-0.2, 0) is 4.74 Å². The molecular formula is C15H10BrFO2. The third-order valence-electron chi connectivity index (χ3n) is 3.16. The van der Waals surface area contributed by atoms with E-state index in [1.165, 1.54) is 0 Å². The molecule has 2 atom stereocenters. The average molecular weight is 321 g/mol. The van der Waals surface area contributed by atoms with Crippen molar-refractivity contribution in [2.45, 2.75) is 12.3 Å². The van der Waals surface area contributed by atoms with E-state index < -0.39 is 18.2 Å². The summed E-state index contributed by atoms with van der Waals surface area (Å²) in [6, 6.07) is 13.9. The van der Waals surface area contributed by atoms with E-state index in [1.54, 1.807) is 42.5 Å². The summed E-state index contributed by atoms with van der Waals surface area (Å²) in [4.78, 5) is 12.0. The van der Waals surface area contributed by atoms with Crippen LogP contribution in [0.2, 0.25) is 0 Å². The maximum Gasteiger partial charge on any atom is 0.339 e. The monoisotopic (exact) mass is 320 g/mol. The van der Waals surface area contributed by atoms with Gasteiger partial charge in [0.25, 0.3) is 0 Å². The first-order valence-corrected chi connectivity index (χ1v) is 6.65. The Morgan fingerprint density at radius 2 is 1.84 bits per heavy atom. The fraction of sp³-hybridized carbons (Fsp3) is 0.133. The Morgan fingerprint density at radius 3 is 2.58 bits per heavy atom. The van der Waals surface area contributed by atoms with Crippen LogP contribution in [0.5, 0.6) is 0 Å². The normalized spacial score (nSPS) is 21.7. The molecule has 2 aromatic rings. The van der Waals surface area contributed by atoms with Gasteiger partial charge in [-0.15, -0.1) is 0 Å². The van der Waals surface area contributed by atoms with Crippen molar-refractivity contribution < 1.29 is 13.9 Å². The summed E-state index contributed by atoms with van der Waals surface area (Å²) in [5, 5.41) is 0. The smallest absolute Gasteiger partial charge is 0.339 e. The van der Waals surface area contributed by atoms with Gasteiger partial charge >= 0.3 is 5.97 Å². The van der Waals surface area contributed by atoms with Crippen LogP contribution >= 0.6 is 15.9 Å². The number of benzene rings is 2. The Morgan fingerprint density at radius 1 is 1.11 bits per heavy atom. The van der Waals surface area contributed by atoms with Crippen molar-refractivity contribution in [2.24, 2.45) is 0 Å². The number of carbonyl (C=O) groups is 1. The van der Waals surface area contributed by atoms with Crippen LogP contribution in [0.4, 0.5) is 4.39 Å². The predicted octanol–water partition coefficient (Wildman–Crippen LogP) is 4.37. The van der Waals surface area contributed by atoms with Crippen LogP contribution in [0.3, 0.4) is 0 Å². The molecule has 1 aliphatic rings. The first-order chi connectivity index (χ1) is 9.16. The first kappa shape index (κ1) is 12.4. The third kappa shape index (κ3) is 2.16. The van der Waals surface area contributed by atoms with E-state index in [9.17, 15) is 9.18 Å². The lowest BCUT2D eigenvalue weighted by molar-refractivity contribution is -0.00391. The highest BCUT2D eigenvalue weighted by molar-refractivity contribution is 9.10. The summed E-state index contributed by atoms with van der Waals surface area (Å²) in [6.45, 7) is 0. The van der Waals surface area contributed by atoms with E-state index in [1.807, 2.05) is 6.07 Å². The Hall–Kier alpha value is -1.68. The van der Waals surface area contributed by atoms with Crippen molar-refractivity contribution in [3.05, 3.63) is 69.7 Å². The summed E-state index contributed by atoms with van der Waals surface area (Å²) in [6.07, 6.45) is -2.22. The number of carbonyl (C=O) groups excluding carboxylic acids is 1. The maximum absolute atomic E-state index is 14.5. The number of esters is 1. The summed E-state index contributed by atoms with van der Waals surface area (Å²) in [5.74, 6) is -0.487. The molecule has 2 nitrogen and oxygen atoms in total. The van der Waals surface area contributed by atoms with Gasteiger partial charge in [0.1, 0.15) is 0 Å². The van der Waals surface area contributed by atoms with Crippen molar-refractivity contribution in [1.82, 2.24) is 0 Å². The highest BCUT2D eigenvalue weighted by Gasteiger charge is 2.36. The molecule has 0 spiro atoms. The largest absolute Gasteiger partial charge is 0.450 e. The molecule has 2 unspecified atom stereocenters. The van der Waals surface area contributed by atoms with Gasteiger partial charge in [-0.3, -0.25) is 0 Å². The molecule has 0 radical (unpaired) electrons. The summed E-state index contributed by atoms with van der Waals surface area (Å²) >= 11 is 3.27. The van der Waals surface area contributed by atoms with Crippen molar-refractivity contribution in [3.63, 3.8) is 0 Å². The van der Waals surface area contributed by atoms with E-state index in [0.717, 1.165) is 4.47 Å². The van der Waals surface area contributed by atoms with Gasteiger partial charge in [-0.2, -0.15) is 0 Å². The topological polar surface area (TPSA) is 26.3 Å². The van der Waals surface area contributed by atoms with E-state index in [2.05, 4.69) is 15.9 Å². The fourth-order valence-corrected chi connectivity index (χ4v) is 2.59. The lowest BCUT2D eigenvalue weighted by Gasteiger charge is -2.28. The van der Waals surface area contributed by atoms with Gasteiger partial charge in [0.05, 0.1) is 5.56 Å². The second-order valence-electron chi connectivity index (χ2n) is 4.37. The summed E-state index contributed by atoms with van der Waals surface area (Å²) < 4.78 is 20.5. The lowest BCUT2D eigenvalue weighted by Crippen LogP contribution is -2.24. The fourth-order valence-electron chi connectivity index (χ4n) is 2.23. The zero-order valence-corrected chi connectivity index (χ0v) is 11.4. The molecule has 2 aromatic carbocycles. The van der Waals surface area contributed by atoms with Crippen molar-refractivity contribution in [2.75, 3.05) is 0 Å². The number of halogens is 2. The molecule has 0 saturated heterocycles.